The molecule has 5 nitrogen and oxygen atoms in total. The minimum Gasteiger partial charge on any atom is -0.481 e. The van der Waals surface area contributed by atoms with Crippen LogP contribution < -0.4 is 5.32 Å². The summed E-state index contributed by atoms with van der Waals surface area (Å²) in [5, 5.41) is 11.6. The molecule has 2 unspecified atom stereocenters. The Balaban J connectivity index is 2.32. The van der Waals surface area contributed by atoms with Crippen LogP contribution in [0.25, 0.3) is 0 Å². The summed E-state index contributed by atoms with van der Waals surface area (Å²) >= 11 is 0. The molecule has 0 aliphatic carbocycles. The zero-order chi connectivity index (χ0) is 12.8. The summed E-state index contributed by atoms with van der Waals surface area (Å²) in [4.78, 5) is 24.1. The van der Waals surface area contributed by atoms with Gasteiger partial charge in [0.1, 0.15) is 0 Å². The molecular formula is C12H22N2O3. The highest BCUT2D eigenvalue weighted by atomic mass is 16.4. The fourth-order valence-corrected chi connectivity index (χ4v) is 2.24. The van der Waals surface area contributed by atoms with Gasteiger partial charge in [0.15, 0.2) is 0 Å². The van der Waals surface area contributed by atoms with E-state index in [0.717, 1.165) is 19.3 Å². The lowest BCUT2D eigenvalue weighted by atomic mass is 10.1. The van der Waals surface area contributed by atoms with Gasteiger partial charge in [-0.15, -0.1) is 0 Å². The van der Waals surface area contributed by atoms with Crippen molar-refractivity contribution in [1.82, 2.24) is 10.2 Å². The van der Waals surface area contributed by atoms with Crippen LogP contribution in [-0.2, 0) is 4.79 Å². The Morgan fingerprint density at radius 2 is 2.24 bits per heavy atom. The number of nitrogens with one attached hydrogen (secondary N) is 1. The van der Waals surface area contributed by atoms with Gasteiger partial charge in [0, 0.05) is 25.6 Å². The molecule has 0 aromatic carbocycles. The number of likely N-dealkylation sites (tertiary alicyclic amines) is 1. The number of carboxylic acid groups (broad SMARTS) is 1. The summed E-state index contributed by atoms with van der Waals surface area (Å²) in [6.07, 6.45) is 2.97. The second kappa shape index (κ2) is 6.47. The lowest BCUT2D eigenvalue weighted by Crippen LogP contribution is -2.42. The summed E-state index contributed by atoms with van der Waals surface area (Å²) in [6, 6.07) is 0.130. The molecule has 2 N–H and O–H groups in total. The number of nitrogens with zero attached hydrogens (tertiary/aromatic N) is 1. The third kappa shape index (κ3) is 4.63. The summed E-state index contributed by atoms with van der Waals surface area (Å²) in [5.74, 6) is -0.670. The quantitative estimate of drug-likeness (QED) is 0.770. The van der Waals surface area contributed by atoms with Crippen molar-refractivity contribution in [2.45, 2.75) is 45.6 Å². The van der Waals surface area contributed by atoms with Gasteiger partial charge in [-0.05, 0) is 25.7 Å². The minimum atomic E-state index is -0.781. The predicted molar refractivity (Wildman–Crippen MR) is 64.8 cm³/mol. The average molecular weight is 242 g/mol. The Morgan fingerprint density at radius 3 is 2.82 bits per heavy atom. The fraction of sp³-hybridized carbons (Fsp3) is 0.833. The fourth-order valence-electron chi connectivity index (χ4n) is 2.24. The third-order valence-electron chi connectivity index (χ3n) is 3.13. The molecule has 5 heteroatoms. The van der Waals surface area contributed by atoms with Gasteiger partial charge in [-0.25, -0.2) is 4.79 Å². The van der Waals surface area contributed by atoms with E-state index in [2.05, 4.69) is 12.2 Å². The number of hydrogen-bond donors (Lipinski definition) is 2. The normalized spacial score (nSPS) is 21.3. The van der Waals surface area contributed by atoms with E-state index in [4.69, 9.17) is 5.11 Å². The molecule has 1 fully saturated rings. The predicted octanol–water partition coefficient (Wildman–Crippen LogP) is 1.68. The maximum absolute atomic E-state index is 11.8. The van der Waals surface area contributed by atoms with Crippen molar-refractivity contribution >= 4 is 12.0 Å². The van der Waals surface area contributed by atoms with Crippen LogP contribution in [0.3, 0.4) is 0 Å². The van der Waals surface area contributed by atoms with Gasteiger partial charge >= 0.3 is 12.0 Å². The Bertz CT molecular complexity index is 281. The molecule has 1 heterocycles. The molecule has 2 amide bonds. The Hall–Kier alpha value is -1.26. The molecule has 1 aliphatic heterocycles. The molecule has 17 heavy (non-hydrogen) atoms. The van der Waals surface area contributed by atoms with Crippen LogP contribution >= 0.6 is 0 Å². The van der Waals surface area contributed by atoms with Gasteiger partial charge in [0.2, 0.25) is 0 Å². The maximum atomic E-state index is 11.8. The van der Waals surface area contributed by atoms with E-state index in [0.29, 0.717) is 13.1 Å². The van der Waals surface area contributed by atoms with E-state index >= 15 is 0 Å². The first kappa shape index (κ1) is 13.8. The number of carbonyl (C=O) groups excluding carboxylic acids is 1. The standard InChI is InChI=1S/C12H22N2O3/c1-3-4-9(2)13-12(17)14-6-5-10(8-14)7-11(15)16/h9-10H,3-8H2,1-2H3,(H,13,17)(H,15,16). The first-order valence-corrected chi connectivity index (χ1v) is 6.30. The van der Waals surface area contributed by atoms with Gasteiger partial charge in [0.05, 0.1) is 0 Å². The average Bonchev–Trinajstić information content (AvgIpc) is 2.65. The summed E-state index contributed by atoms with van der Waals surface area (Å²) < 4.78 is 0. The monoisotopic (exact) mass is 242 g/mol. The summed E-state index contributed by atoms with van der Waals surface area (Å²) in [6.45, 7) is 5.31. The molecule has 1 saturated heterocycles. The van der Waals surface area contributed by atoms with Crippen LogP contribution in [0.4, 0.5) is 4.79 Å². The molecule has 1 aliphatic rings. The summed E-state index contributed by atoms with van der Waals surface area (Å²) in [7, 11) is 0. The number of carboxylic acids is 1. The van der Waals surface area contributed by atoms with Gasteiger partial charge in [-0.3, -0.25) is 4.79 Å². The van der Waals surface area contributed by atoms with Crippen LogP contribution in [0.5, 0.6) is 0 Å². The highest BCUT2D eigenvalue weighted by Crippen LogP contribution is 2.19. The number of amides is 2. The van der Waals surface area contributed by atoms with Gasteiger partial charge in [-0.2, -0.15) is 0 Å². The molecule has 0 aromatic heterocycles. The zero-order valence-electron chi connectivity index (χ0n) is 10.6. The van der Waals surface area contributed by atoms with Crippen LogP contribution in [0.15, 0.2) is 0 Å². The maximum Gasteiger partial charge on any atom is 0.317 e. The first-order chi connectivity index (χ1) is 8.02. The number of hydrogen-bond acceptors (Lipinski definition) is 2. The molecule has 0 saturated carbocycles. The van der Waals surface area contributed by atoms with E-state index in [1.807, 2.05) is 6.92 Å². The summed E-state index contributed by atoms with van der Waals surface area (Å²) in [5.41, 5.74) is 0. The van der Waals surface area contributed by atoms with Crippen molar-refractivity contribution in [1.29, 1.82) is 0 Å². The zero-order valence-corrected chi connectivity index (χ0v) is 10.6. The van der Waals surface area contributed by atoms with E-state index in [9.17, 15) is 9.59 Å². The van der Waals surface area contributed by atoms with E-state index in [-0.39, 0.29) is 24.4 Å². The number of rotatable bonds is 5. The minimum absolute atomic E-state index is 0.0566. The molecule has 0 aromatic rings. The first-order valence-electron chi connectivity index (χ1n) is 6.30. The van der Waals surface area contributed by atoms with Crippen molar-refractivity contribution in [3.05, 3.63) is 0 Å². The van der Waals surface area contributed by atoms with Crippen LogP contribution in [-0.4, -0.2) is 41.1 Å². The third-order valence-corrected chi connectivity index (χ3v) is 3.13. The lowest BCUT2D eigenvalue weighted by molar-refractivity contribution is -0.138. The second-order valence-corrected chi connectivity index (χ2v) is 4.84. The van der Waals surface area contributed by atoms with Crippen molar-refractivity contribution in [3.63, 3.8) is 0 Å². The van der Waals surface area contributed by atoms with Gasteiger partial charge < -0.3 is 15.3 Å². The smallest absolute Gasteiger partial charge is 0.317 e. The molecule has 1 rings (SSSR count). The number of aliphatic carboxylic acids is 1. The Morgan fingerprint density at radius 1 is 1.53 bits per heavy atom. The molecule has 98 valence electrons. The van der Waals surface area contributed by atoms with Gasteiger partial charge in [-0.1, -0.05) is 13.3 Å². The van der Waals surface area contributed by atoms with Crippen molar-refractivity contribution in [2.75, 3.05) is 13.1 Å². The van der Waals surface area contributed by atoms with Gasteiger partial charge in [0.25, 0.3) is 0 Å². The van der Waals surface area contributed by atoms with Crippen LogP contribution in [0.2, 0.25) is 0 Å². The molecule has 2 atom stereocenters. The van der Waals surface area contributed by atoms with Crippen molar-refractivity contribution in [3.8, 4) is 0 Å². The Labute approximate surface area is 102 Å². The van der Waals surface area contributed by atoms with E-state index in [1.54, 1.807) is 4.90 Å². The number of carbonyl (C=O) groups is 2. The largest absolute Gasteiger partial charge is 0.481 e. The molecule has 0 radical (unpaired) electrons. The van der Waals surface area contributed by atoms with E-state index in [1.165, 1.54) is 0 Å². The van der Waals surface area contributed by atoms with Crippen LogP contribution in [0.1, 0.15) is 39.5 Å². The second-order valence-electron chi connectivity index (χ2n) is 4.84. The Kier molecular flexibility index (Phi) is 5.25. The number of urea groups is 1. The lowest BCUT2D eigenvalue weighted by Gasteiger charge is -2.20. The highest BCUT2D eigenvalue weighted by molar-refractivity contribution is 5.75. The van der Waals surface area contributed by atoms with Crippen molar-refractivity contribution < 1.29 is 14.7 Å². The molecule has 0 bridgehead atoms. The topological polar surface area (TPSA) is 69.6 Å². The highest BCUT2D eigenvalue weighted by Gasteiger charge is 2.27. The molecule has 0 spiro atoms. The van der Waals surface area contributed by atoms with Crippen LogP contribution in [0, 0.1) is 5.92 Å². The van der Waals surface area contributed by atoms with E-state index < -0.39 is 5.97 Å². The SMILES string of the molecule is CCCC(C)NC(=O)N1CCC(CC(=O)O)C1. The van der Waals surface area contributed by atoms with Crippen molar-refractivity contribution in [2.24, 2.45) is 5.92 Å². The molecular weight excluding hydrogens is 220 g/mol.